The van der Waals surface area contributed by atoms with Gasteiger partial charge in [0.05, 0.1) is 24.8 Å². The predicted molar refractivity (Wildman–Crippen MR) is 84.8 cm³/mol. The number of hydrogen-bond acceptors (Lipinski definition) is 2. The monoisotopic (exact) mass is 352 g/mol. The topological polar surface area (TPSA) is 49.0 Å². The number of alkyl halides is 1. The average Bonchev–Trinajstić information content (AvgIpc) is 2.83. The van der Waals surface area contributed by atoms with Crippen molar-refractivity contribution in [1.82, 2.24) is 4.57 Å². The van der Waals surface area contributed by atoms with Crippen molar-refractivity contribution in [1.29, 1.82) is 5.26 Å². The van der Waals surface area contributed by atoms with Gasteiger partial charge in [0, 0.05) is 34.0 Å². The van der Waals surface area contributed by atoms with Gasteiger partial charge in [-0.25, -0.2) is 0 Å². The second-order valence-electron chi connectivity index (χ2n) is 5.80. The van der Waals surface area contributed by atoms with E-state index in [2.05, 4.69) is 22.0 Å². The van der Waals surface area contributed by atoms with Gasteiger partial charge in [0.15, 0.2) is 0 Å². The fourth-order valence-electron chi connectivity index (χ4n) is 2.41. The summed E-state index contributed by atoms with van der Waals surface area (Å²) >= 11 is 3.44. The summed E-state index contributed by atoms with van der Waals surface area (Å²) < 4.78 is 15.7. The van der Waals surface area contributed by atoms with Gasteiger partial charge in [0.2, 0.25) is 0 Å². The van der Waals surface area contributed by atoms with Crippen LogP contribution in [0.2, 0.25) is 0 Å². The van der Waals surface area contributed by atoms with Crippen LogP contribution < -0.4 is 0 Å². The zero-order valence-electron chi connectivity index (χ0n) is 12.1. The first-order valence-corrected chi connectivity index (χ1v) is 7.59. The highest BCUT2D eigenvalue weighted by Crippen LogP contribution is 2.33. The molecule has 1 heterocycles. The van der Waals surface area contributed by atoms with Crippen molar-refractivity contribution >= 4 is 26.8 Å². The number of halogens is 2. The van der Waals surface area contributed by atoms with Gasteiger partial charge in [0.1, 0.15) is 0 Å². The van der Waals surface area contributed by atoms with Gasteiger partial charge in [-0.15, -0.1) is 0 Å². The Morgan fingerprint density at radius 1 is 1.48 bits per heavy atom. The Morgan fingerprint density at radius 2 is 2.19 bits per heavy atom. The third kappa shape index (κ3) is 3.12. The molecule has 0 bridgehead atoms. The SMILES string of the molecule is CC(C)(C#N)c1cn(CC(CO)CF)c2cc(Br)ccc12. The van der Waals surface area contributed by atoms with Crippen LogP contribution in [-0.2, 0) is 12.0 Å². The van der Waals surface area contributed by atoms with E-state index in [9.17, 15) is 14.8 Å². The second kappa shape index (κ2) is 6.17. The molecule has 0 saturated heterocycles. The van der Waals surface area contributed by atoms with Gasteiger partial charge in [-0.3, -0.25) is 4.39 Å². The lowest BCUT2D eigenvalue weighted by Gasteiger charge is -2.14. The molecule has 21 heavy (non-hydrogen) atoms. The van der Waals surface area contributed by atoms with Crippen LogP contribution in [0.1, 0.15) is 19.4 Å². The molecule has 112 valence electrons. The van der Waals surface area contributed by atoms with E-state index in [1.54, 1.807) is 0 Å². The molecule has 0 radical (unpaired) electrons. The molecule has 0 aliphatic heterocycles. The van der Waals surface area contributed by atoms with Crippen molar-refractivity contribution in [3.8, 4) is 6.07 Å². The van der Waals surface area contributed by atoms with Crippen LogP contribution >= 0.6 is 15.9 Å². The number of aromatic nitrogens is 1. The summed E-state index contributed by atoms with van der Waals surface area (Å²) in [5, 5.41) is 19.6. The maximum Gasteiger partial charge on any atom is 0.0961 e. The Balaban J connectivity index is 2.61. The number of hydrogen-bond donors (Lipinski definition) is 1. The lowest BCUT2D eigenvalue weighted by atomic mass is 9.86. The highest BCUT2D eigenvalue weighted by molar-refractivity contribution is 9.10. The fourth-order valence-corrected chi connectivity index (χ4v) is 2.76. The van der Waals surface area contributed by atoms with Crippen molar-refractivity contribution in [2.24, 2.45) is 5.92 Å². The molecule has 5 heteroatoms. The Hall–Kier alpha value is -1.38. The van der Waals surface area contributed by atoms with Gasteiger partial charge < -0.3 is 9.67 Å². The molecule has 0 aliphatic rings. The van der Waals surface area contributed by atoms with E-state index in [-0.39, 0.29) is 6.61 Å². The Kier molecular flexibility index (Phi) is 4.70. The minimum atomic E-state index is -0.623. The largest absolute Gasteiger partial charge is 0.396 e. The van der Waals surface area contributed by atoms with Gasteiger partial charge >= 0.3 is 0 Å². The summed E-state index contributed by atoms with van der Waals surface area (Å²) in [4.78, 5) is 0. The summed E-state index contributed by atoms with van der Waals surface area (Å²) in [6.45, 7) is 3.36. The summed E-state index contributed by atoms with van der Waals surface area (Å²) in [6, 6.07) is 8.17. The number of rotatable bonds is 5. The number of fused-ring (bicyclic) bond motifs is 1. The first kappa shape index (κ1) is 16.0. The van der Waals surface area contributed by atoms with Gasteiger partial charge in [-0.1, -0.05) is 22.0 Å². The molecule has 0 fully saturated rings. The maximum absolute atomic E-state index is 12.9. The highest BCUT2D eigenvalue weighted by Gasteiger charge is 2.25. The molecule has 3 nitrogen and oxygen atoms in total. The van der Waals surface area contributed by atoms with Crippen LogP contribution in [0.3, 0.4) is 0 Å². The number of benzene rings is 1. The standard InChI is InChI=1S/C16H18BrFN2O/c1-16(2,10-19)14-8-20(7-11(6-18)9-21)15-5-12(17)3-4-13(14)15/h3-5,8,11,21H,6-7,9H2,1-2H3. The molecule has 0 spiro atoms. The van der Waals surface area contributed by atoms with Crippen molar-refractivity contribution < 1.29 is 9.50 Å². The molecule has 2 rings (SSSR count). The lowest BCUT2D eigenvalue weighted by molar-refractivity contribution is 0.183. The number of aliphatic hydroxyl groups is 1. The fraction of sp³-hybridized carbons (Fsp3) is 0.438. The van der Waals surface area contributed by atoms with Crippen molar-refractivity contribution in [2.45, 2.75) is 25.8 Å². The van der Waals surface area contributed by atoms with Crippen LogP contribution in [-0.4, -0.2) is 23.0 Å². The van der Waals surface area contributed by atoms with Crippen LogP contribution in [0.15, 0.2) is 28.9 Å². The minimum Gasteiger partial charge on any atom is -0.396 e. The molecule has 1 atom stereocenters. The van der Waals surface area contributed by atoms with Crippen molar-refractivity contribution in [3.05, 3.63) is 34.4 Å². The van der Waals surface area contributed by atoms with E-state index in [1.807, 2.05) is 42.8 Å². The quantitative estimate of drug-likeness (QED) is 0.889. The molecule has 1 N–H and O–H groups in total. The molecule has 2 aromatic rings. The molecule has 1 aromatic heterocycles. The predicted octanol–water partition coefficient (Wildman–Crippen LogP) is 3.78. The molecule has 0 amide bonds. The van der Waals surface area contributed by atoms with E-state index in [0.29, 0.717) is 6.54 Å². The van der Waals surface area contributed by atoms with Gasteiger partial charge in [-0.2, -0.15) is 5.26 Å². The van der Waals surface area contributed by atoms with E-state index < -0.39 is 18.0 Å². The van der Waals surface area contributed by atoms with E-state index in [0.717, 1.165) is 20.9 Å². The first-order chi connectivity index (χ1) is 9.92. The van der Waals surface area contributed by atoms with Crippen LogP contribution in [0.4, 0.5) is 4.39 Å². The molecule has 0 aliphatic carbocycles. The summed E-state index contributed by atoms with van der Waals surface area (Å²) in [7, 11) is 0. The van der Waals surface area contributed by atoms with Gasteiger partial charge in [0.25, 0.3) is 0 Å². The number of nitriles is 1. The van der Waals surface area contributed by atoms with Gasteiger partial charge in [-0.05, 0) is 31.5 Å². The van der Waals surface area contributed by atoms with E-state index in [1.165, 1.54) is 0 Å². The van der Waals surface area contributed by atoms with E-state index >= 15 is 0 Å². The smallest absolute Gasteiger partial charge is 0.0961 e. The summed E-state index contributed by atoms with van der Waals surface area (Å²) in [5.74, 6) is -0.433. The Morgan fingerprint density at radius 3 is 2.76 bits per heavy atom. The Bertz CT molecular complexity index is 683. The number of aliphatic hydroxyl groups excluding tert-OH is 1. The van der Waals surface area contributed by atoms with E-state index in [4.69, 9.17) is 0 Å². The first-order valence-electron chi connectivity index (χ1n) is 6.80. The summed E-state index contributed by atoms with van der Waals surface area (Å²) in [6.07, 6.45) is 1.90. The second-order valence-corrected chi connectivity index (χ2v) is 6.71. The normalized spacial score (nSPS) is 13.3. The zero-order chi connectivity index (χ0) is 15.6. The summed E-state index contributed by atoms with van der Waals surface area (Å²) in [5.41, 5.74) is 1.24. The average molecular weight is 353 g/mol. The third-order valence-electron chi connectivity index (χ3n) is 3.73. The molecule has 1 unspecified atom stereocenters. The lowest BCUT2D eigenvalue weighted by Crippen LogP contribution is -2.16. The van der Waals surface area contributed by atoms with Crippen molar-refractivity contribution in [3.63, 3.8) is 0 Å². The molecule has 1 aromatic carbocycles. The highest BCUT2D eigenvalue weighted by atomic mass is 79.9. The molecular weight excluding hydrogens is 335 g/mol. The zero-order valence-corrected chi connectivity index (χ0v) is 13.7. The minimum absolute atomic E-state index is 0.193. The van der Waals surface area contributed by atoms with Crippen LogP contribution in [0, 0.1) is 17.2 Å². The van der Waals surface area contributed by atoms with Crippen molar-refractivity contribution in [2.75, 3.05) is 13.3 Å². The Labute approximate surface area is 132 Å². The molecular formula is C16H18BrFN2O. The van der Waals surface area contributed by atoms with Crippen LogP contribution in [0.25, 0.3) is 10.9 Å². The van der Waals surface area contributed by atoms with Crippen LogP contribution in [0.5, 0.6) is 0 Å². The number of nitrogens with zero attached hydrogens (tertiary/aromatic N) is 2. The third-order valence-corrected chi connectivity index (χ3v) is 4.22. The maximum atomic E-state index is 12.9. The molecule has 0 saturated carbocycles.